The van der Waals surface area contributed by atoms with Gasteiger partial charge in [-0.2, -0.15) is 0 Å². The fourth-order valence-corrected chi connectivity index (χ4v) is 2.40. The molecule has 0 aliphatic carbocycles. The van der Waals surface area contributed by atoms with Crippen molar-refractivity contribution in [2.45, 2.75) is 20.4 Å². The minimum Gasteiger partial charge on any atom is -0.229 e. The third kappa shape index (κ3) is 2.98. The van der Waals surface area contributed by atoms with E-state index in [0.29, 0.717) is 11.7 Å². The summed E-state index contributed by atoms with van der Waals surface area (Å²) in [6, 6.07) is 16.5. The number of benzene rings is 2. The Kier molecular flexibility index (Phi) is 3.76. The van der Waals surface area contributed by atoms with Gasteiger partial charge < -0.3 is 0 Å². The molecule has 0 amide bonds. The summed E-state index contributed by atoms with van der Waals surface area (Å²) in [6.45, 7) is 4.75. The van der Waals surface area contributed by atoms with E-state index in [0.717, 1.165) is 16.8 Å². The lowest BCUT2D eigenvalue weighted by Gasteiger charge is -2.03. The lowest BCUT2D eigenvalue weighted by molar-refractivity contribution is 0.650. The van der Waals surface area contributed by atoms with Gasteiger partial charge in [-0.15, -0.1) is 5.10 Å². The van der Waals surface area contributed by atoms with Crippen LogP contribution in [0.2, 0.25) is 5.15 Å². The first-order chi connectivity index (χ1) is 10.1. The summed E-state index contributed by atoms with van der Waals surface area (Å²) in [7, 11) is 0. The zero-order valence-corrected chi connectivity index (χ0v) is 12.8. The van der Waals surface area contributed by atoms with Crippen LogP contribution in [-0.2, 0) is 6.54 Å². The van der Waals surface area contributed by atoms with Crippen LogP contribution in [0.5, 0.6) is 0 Å². The number of aryl methyl sites for hydroxylation is 2. The van der Waals surface area contributed by atoms with E-state index in [1.165, 1.54) is 11.1 Å². The van der Waals surface area contributed by atoms with Crippen LogP contribution >= 0.6 is 11.6 Å². The Bertz CT molecular complexity index is 743. The molecule has 3 aromatic rings. The van der Waals surface area contributed by atoms with E-state index in [-0.39, 0.29) is 0 Å². The van der Waals surface area contributed by atoms with Crippen LogP contribution < -0.4 is 0 Å². The Balaban J connectivity index is 1.88. The largest absolute Gasteiger partial charge is 0.229 e. The molecule has 0 saturated carbocycles. The third-order valence-corrected chi connectivity index (χ3v) is 3.83. The van der Waals surface area contributed by atoms with Crippen LogP contribution in [0, 0.1) is 13.8 Å². The lowest BCUT2D eigenvalue weighted by Crippen LogP contribution is -2.02. The summed E-state index contributed by atoms with van der Waals surface area (Å²) >= 11 is 6.42. The van der Waals surface area contributed by atoms with Gasteiger partial charge in [-0.3, -0.25) is 0 Å². The second-order valence-corrected chi connectivity index (χ2v) is 5.60. The summed E-state index contributed by atoms with van der Waals surface area (Å²) in [5.41, 5.74) is 5.32. The second-order valence-electron chi connectivity index (χ2n) is 5.24. The van der Waals surface area contributed by atoms with Crippen LogP contribution in [0.25, 0.3) is 11.3 Å². The molecule has 0 aliphatic rings. The summed E-state index contributed by atoms with van der Waals surface area (Å²) < 4.78 is 1.72. The maximum absolute atomic E-state index is 6.42. The number of rotatable bonds is 3. The van der Waals surface area contributed by atoms with E-state index in [4.69, 9.17) is 11.6 Å². The fourth-order valence-electron chi connectivity index (χ4n) is 2.16. The van der Waals surface area contributed by atoms with E-state index in [1.54, 1.807) is 4.68 Å². The number of aromatic nitrogens is 3. The highest BCUT2D eigenvalue weighted by Crippen LogP contribution is 2.26. The minimum atomic E-state index is 0.569. The molecule has 0 bridgehead atoms. The number of halogens is 1. The summed E-state index contributed by atoms with van der Waals surface area (Å²) in [4.78, 5) is 0. The summed E-state index contributed by atoms with van der Waals surface area (Å²) in [5, 5.41) is 8.95. The maximum Gasteiger partial charge on any atom is 0.155 e. The fraction of sp³-hybridized carbons (Fsp3) is 0.176. The van der Waals surface area contributed by atoms with Crippen LogP contribution in [0.15, 0.2) is 48.5 Å². The molecule has 0 saturated heterocycles. The van der Waals surface area contributed by atoms with Crippen molar-refractivity contribution in [1.82, 2.24) is 15.0 Å². The molecule has 0 aliphatic heterocycles. The first-order valence-corrected chi connectivity index (χ1v) is 7.23. The van der Waals surface area contributed by atoms with Gasteiger partial charge in [-0.05, 0) is 19.4 Å². The second kappa shape index (κ2) is 5.70. The molecule has 106 valence electrons. The standard InChI is InChI=1S/C17H16ClN3/c1-12-3-7-14(8-4-12)11-21-17(18)16(19-20-21)15-9-5-13(2)6-10-15/h3-10H,11H2,1-2H3. The van der Waals surface area contributed by atoms with Gasteiger partial charge in [0.25, 0.3) is 0 Å². The van der Waals surface area contributed by atoms with Crippen molar-refractivity contribution < 1.29 is 0 Å². The molecular weight excluding hydrogens is 282 g/mol. The minimum absolute atomic E-state index is 0.569. The van der Waals surface area contributed by atoms with Gasteiger partial charge in [0.2, 0.25) is 0 Å². The van der Waals surface area contributed by atoms with Crippen LogP contribution in [0.4, 0.5) is 0 Å². The van der Waals surface area contributed by atoms with Crippen LogP contribution in [0.3, 0.4) is 0 Å². The molecule has 21 heavy (non-hydrogen) atoms. The molecular formula is C17H16ClN3. The molecule has 0 unspecified atom stereocenters. The Morgan fingerprint density at radius 3 is 2.10 bits per heavy atom. The van der Waals surface area contributed by atoms with Crippen molar-refractivity contribution >= 4 is 11.6 Å². The first-order valence-electron chi connectivity index (χ1n) is 6.85. The molecule has 0 radical (unpaired) electrons. The summed E-state index contributed by atoms with van der Waals surface area (Å²) in [5.74, 6) is 0. The van der Waals surface area contributed by atoms with Crippen molar-refractivity contribution in [1.29, 1.82) is 0 Å². The first kappa shape index (κ1) is 13.8. The Hall–Kier alpha value is -2.13. The topological polar surface area (TPSA) is 30.7 Å². The quantitative estimate of drug-likeness (QED) is 0.723. The molecule has 1 aromatic heterocycles. The van der Waals surface area contributed by atoms with E-state index < -0.39 is 0 Å². The summed E-state index contributed by atoms with van der Waals surface area (Å²) in [6.07, 6.45) is 0. The van der Waals surface area contributed by atoms with Crippen molar-refractivity contribution in [2.75, 3.05) is 0 Å². The molecule has 3 rings (SSSR count). The molecule has 3 nitrogen and oxygen atoms in total. The molecule has 2 aromatic carbocycles. The highest BCUT2D eigenvalue weighted by atomic mass is 35.5. The molecule has 0 spiro atoms. The highest BCUT2D eigenvalue weighted by Gasteiger charge is 2.12. The van der Waals surface area contributed by atoms with Gasteiger partial charge >= 0.3 is 0 Å². The van der Waals surface area contributed by atoms with Gasteiger partial charge in [0, 0.05) is 5.56 Å². The monoisotopic (exact) mass is 297 g/mol. The average Bonchev–Trinajstić information content (AvgIpc) is 2.84. The maximum atomic E-state index is 6.42. The molecule has 0 fully saturated rings. The van der Waals surface area contributed by atoms with E-state index in [9.17, 15) is 0 Å². The van der Waals surface area contributed by atoms with Gasteiger partial charge in [-0.1, -0.05) is 76.5 Å². The highest BCUT2D eigenvalue weighted by molar-refractivity contribution is 6.32. The Morgan fingerprint density at radius 1 is 0.905 bits per heavy atom. The van der Waals surface area contributed by atoms with Crippen molar-refractivity contribution in [3.05, 3.63) is 70.4 Å². The van der Waals surface area contributed by atoms with Crippen molar-refractivity contribution in [3.63, 3.8) is 0 Å². The molecule has 1 heterocycles. The Labute approximate surface area is 129 Å². The predicted octanol–water partition coefficient (Wildman–Crippen LogP) is 4.26. The Morgan fingerprint density at radius 2 is 1.48 bits per heavy atom. The van der Waals surface area contributed by atoms with E-state index >= 15 is 0 Å². The van der Waals surface area contributed by atoms with E-state index in [2.05, 4.69) is 48.4 Å². The lowest BCUT2D eigenvalue weighted by atomic mass is 10.1. The van der Waals surface area contributed by atoms with Gasteiger partial charge in [0.15, 0.2) is 5.15 Å². The van der Waals surface area contributed by atoms with Gasteiger partial charge in [0.1, 0.15) is 5.69 Å². The molecule has 0 N–H and O–H groups in total. The van der Waals surface area contributed by atoms with Crippen LogP contribution in [0.1, 0.15) is 16.7 Å². The number of hydrogen-bond donors (Lipinski definition) is 0. The third-order valence-electron chi connectivity index (χ3n) is 3.45. The smallest absolute Gasteiger partial charge is 0.155 e. The van der Waals surface area contributed by atoms with Gasteiger partial charge in [0.05, 0.1) is 6.54 Å². The molecule has 4 heteroatoms. The van der Waals surface area contributed by atoms with E-state index in [1.807, 2.05) is 24.3 Å². The van der Waals surface area contributed by atoms with Gasteiger partial charge in [-0.25, -0.2) is 4.68 Å². The zero-order valence-electron chi connectivity index (χ0n) is 12.0. The predicted molar refractivity (Wildman–Crippen MR) is 85.5 cm³/mol. The van der Waals surface area contributed by atoms with Crippen molar-refractivity contribution in [3.8, 4) is 11.3 Å². The zero-order chi connectivity index (χ0) is 14.8. The van der Waals surface area contributed by atoms with Crippen LogP contribution in [-0.4, -0.2) is 15.0 Å². The van der Waals surface area contributed by atoms with Crippen molar-refractivity contribution in [2.24, 2.45) is 0 Å². The number of hydrogen-bond acceptors (Lipinski definition) is 2. The normalized spacial score (nSPS) is 10.8. The average molecular weight is 298 g/mol. The molecule has 0 atom stereocenters. The SMILES string of the molecule is Cc1ccc(Cn2nnc(-c3ccc(C)cc3)c2Cl)cc1. The number of nitrogens with zero attached hydrogens (tertiary/aromatic N) is 3.